The van der Waals surface area contributed by atoms with Gasteiger partial charge in [0.1, 0.15) is 0 Å². The molecule has 0 saturated carbocycles. The van der Waals surface area contributed by atoms with E-state index in [9.17, 15) is 8.42 Å². The Morgan fingerprint density at radius 2 is 1.79 bits per heavy atom. The number of hydrogen-bond acceptors (Lipinski definition) is 2. The summed E-state index contributed by atoms with van der Waals surface area (Å²) in [4.78, 5) is 0. The molecule has 0 aliphatic carbocycles. The number of benzene rings is 1. The summed E-state index contributed by atoms with van der Waals surface area (Å²) in [5.74, 6) is 0. The minimum absolute atomic E-state index is 0. The van der Waals surface area contributed by atoms with E-state index in [-0.39, 0.29) is 31.0 Å². The molecule has 1 N–H and O–H groups in total. The molecule has 0 amide bonds. The van der Waals surface area contributed by atoms with Crippen molar-refractivity contribution in [3.05, 3.63) is 30.3 Å². The standard InChI is InChI=1S/C8H12N2O2S.Na.H/c1-9-13(11,12)10(2)8-6-4-3-5-7-8;;/h3-7,9H,1-2H3;;/q;+1;-1. The van der Waals surface area contributed by atoms with E-state index in [0.29, 0.717) is 5.69 Å². The molecule has 0 bridgehead atoms. The largest absolute Gasteiger partial charge is 1.00 e. The Kier molecular flexibility index (Phi) is 5.70. The van der Waals surface area contributed by atoms with Crippen LogP contribution in [0.2, 0.25) is 0 Å². The summed E-state index contributed by atoms with van der Waals surface area (Å²) >= 11 is 0. The van der Waals surface area contributed by atoms with E-state index in [2.05, 4.69) is 4.72 Å². The Morgan fingerprint density at radius 3 is 2.21 bits per heavy atom. The van der Waals surface area contributed by atoms with Crippen molar-refractivity contribution in [2.45, 2.75) is 0 Å². The van der Waals surface area contributed by atoms with Gasteiger partial charge in [0.15, 0.2) is 0 Å². The number of anilines is 1. The van der Waals surface area contributed by atoms with E-state index < -0.39 is 10.2 Å². The molecule has 0 atom stereocenters. The summed E-state index contributed by atoms with van der Waals surface area (Å²) in [5, 5.41) is 0. The van der Waals surface area contributed by atoms with Gasteiger partial charge in [0, 0.05) is 14.1 Å². The maximum Gasteiger partial charge on any atom is 1.00 e. The molecule has 0 aliphatic rings. The molecule has 0 fully saturated rings. The van der Waals surface area contributed by atoms with Gasteiger partial charge in [0.2, 0.25) is 0 Å². The van der Waals surface area contributed by atoms with E-state index in [1.807, 2.05) is 6.07 Å². The Labute approximate surface area is 108 Å². The van der Waals surface area contributed by atoms with Crippen molar-refractivity contribution < 1.29 is 39.4 Å². The summed E-state index contributed by atoms with van der Waals surface area (Å²) in [7, 11) is -0.483. The van der Waals surface area contributed by atoms with Crippen molar-refractivity contribution in [3.8, 4) is 0 Å². The molecule has 4 nitrogen and oxygen atoms in total. The second-order valence-corrected chi connectivity index (χ2v) is 4.42. The second kappa shape index (κ2) is 5.72. The zero-order valence-corrected chi connectivity index (χ0v) is 11.4. The van der Waals surface area contributed by atoms with Gasteiger partial charge in [-0.2, -0.15) is 8.42 Å². The fourth-order valence-corrected chi connectivity index (χ4v) is 1.59. The first-order valence-electron chi connectivity index (χ1n) is 3.80. The van der Waals surface area contributed by atoms with Crippen LogP contribution < -0.4 is 38.6 Å². The third-order valence-corrected chi connectivity index (χ3v) is 3.19. The van der Waals surface area contributed by atoms with Gasteiger partial charge in [-0.25, -0.2) is 4.72 Å². The third kappa shape index (κ3) is 3.25. The number of nitrogens with zero attached hydrogens (tertiary/aromatic N) is 1. The molecular weight excluding hydrogens is 211 g/mol. The van der Waals surface area contributed by atoms with Crippen molar-refractivity contribution in [1.29, 1.82) is 0 Å². The fraction of sp³-hybridized carbons (Fsp3) is 0.250. The molecule has 0 spiro atoms. The van der Waals surface area contributed by atoms with Crippen LogP contribution >= 0.6 is 0 Å². The molecule has 0 aliphatic heterocycles. The predicted octanol–water partition coefficient (Wildman–Crippen LogP) is -2.30. The first-order valence-corrected chi connectivity index (χ1v) is 5.24. The third-order valence-electron chi connectivity index (χ3n) is 1.74. The van der Waals surface area contributed by atoms with Gasteiger partial charge in [-0.15, -0.1) is 0 Å². The van der Waals surface area contributed by atoms with Crippen LogP contribution in [0.5, 0.6) is 0 Å². The summed E-state index contributed by atoms with van der Waals surface area (Å²) < 4.78 is 26.1. The molecule has 0 heterocycles. The van der Waals surface area contributed by atoms with Gasteiger partial charge in [-0.1, -0.05) is 18.2 Å². The maximum atomic E-state index is 11.3. The Bertz CT molecular complexity index is 371. The Hall–Kier alpha value is -0.0700. The second-order valence-electron chi connectivity index (χ2n) is 2.51. The molecule has 0 aromatic heterocycles. The van der Waals surface area contributed by atoms with Crippen molar-refractivity contribution in [2.24, 2.45) is 0 Å². The van der Waals surface area contributed by atoms with E-state index >= 15 is 0 Å². The van der Waals surface area contributed by atoms with E-state index in [1.165, 1.54) is 18.4 Å². The molecule has 0 unspecified atom stereocenters. The van der Waals surface area contributed by atoms with Crippen LogP contribution in [0.4, 0.5) is 5.69 Å². The summed E-state index contributed by atoms with van der Waals surface area (Å²) in [6, 6.07) is 8.88. The maximum absolute atomic E-state index is 11.3. The van der Waals surface area contributed by atoms with E-state index in [0.717, 1.165) is 0 Å². The van der Waals surface area contributed by atoms with Crippen LogP contribution in [0.1, 0.15) is 1.43 Å². The van der Waals surface area contributed by atoms with E-state index in [4.69, 9.17) is 0 Å². The minimum Gasteiger partial charge on any atom is -1.00 e. The van der Waals surface area contributed by atoms with Gasteiger partial charge in [-0.3, -0.25) is 4.31 Å². The van der Waals surface area contributed by atoms with E-state index in [1.54, 1.807) is 24.3 Å². The summed E-state index contributed by atoms with van der Waals surface area (Å²) in [6.45, 7) is 0. The first kappa shape index (κ1) is 13.9. The smallest absolute Gasteiger partial charge is 1.00 e. The minimum atomic E-state index is -3.37. The molecule has 1 aromatic rings. The van der Waals surface area contributed by atoms with Crippen molar-refractivity contribution in [1.82, 2.24) is 4.72 Å². The first-order chi connectivity index (χ1) is 6.08. The molecule has 1 rings (SSSR count). The van der Waals surface area contributed by atoms with Crippen LogP contribution in [0.25, 0.3) is 0 Å². The van der Waals surface area contributed by atoms with Gasteiger partial charge in [-0.05, 0) is 12.1 Å². The quantitative estimate of drug-likeness (QED) is 0.587. The topological polar surface area (TPSA) is 49.4 Å². The van der Waals surface area contributed by atoms with Crippen LogP contribution in [0.3, 0.4) is 0 Å². The fourth-order valence-electron chi connectivity index (χ4n) is 0.914. The number of nitrogens with one attached hydrogen (secondary N) is 1. The Morgan fingerprint density at radius 1 is 1.29 bits per heavy atom. The predicted molar refractivity (Wildman–Crippen MR) is 53.9 cm³/mol. The monoisotopic (exact) mass is 224 g/mol. The van der Waals surface area contributed by atoms with Crippen LogP contribution in [0.15, 0.2) is 30.3 Å². The molecule has 0 saturated heterocycles. The van der Waals surface area contributed by atoms with Crippen LogP contribution in [0, 0.1) is 0 Å². The van der Waals surface area contributed by atoms with Crippen molar-refractivity contribution >= 4 is 15.9 Å². The molecule has 74 valence electrons. The molecular formula is C8H13N2NaO2S. The molecule has 6 heteroatoms. The van der Waals surface area contributed by atoms with Gasteiger partial charge >= 0.3 is 39.8 Å². The zero-order valence-electron chi connectivity index (χ0n) is 9.56. The van der Waals surface area contributed by atoms with Crippen LogP contribution in [-0.4, -0.2) is 22.5 Å². The van der Waals surface area contributed by atoms with Gasteiger partial charge in [0.25, 0.3) is 0 Å². The average molecular weight is 224 g/mol. The number of rotatable bonds is 3. The van der Waals surface area contributed by atoms with Crippen molar-refractivity contribution in [2.75, 3.05) is 18.4 Å². The number of hydrogen-bond donors (Lipinski definition) is 1. The molecule has 14 heavy (non-hydrogen) atoms. The molecule has 1 aromatic carbocycles. The number of para-hydroxylation sites is 1. The van der Waals surface area contributed by atoms with Crippen LogP contribution in [-0.2, 0) is 10.2 Å². The summed E-state index contributed by atoms with van der Waals surface area (Å²) in [6.07, 6.45) is 0. The SMILES string of the molecule is CNS(=O)(=O)N(C)c1ccccc1.[H-].[Na+]. The molecule has 0 radical (unpaired) electrons. The Balaban J connectivity index is 0. The summed E-state index contributed by atoms with van der Waals surface area (Å²) in [5.41, 5.74) is 0.636. The zero-order chi connectivity index (χ0) is 9.90. The average Bonchev–Trinajstić information content (AvgIpc) is 2.18. The van der Waals surface area contributed by atoms with Gasteiger partial charge in [0.05, 0.1) is 5.69 Å². The van der Waals surface area contributed by atoms with Crippen molar-refractivity contribution in [3.63, 3.8) is 0 Å². The van der Waals surface area contributed by atoms with Gasteiger partial charge < -0.3 is 1.43 Å². The normalized spacial score (nSPS) is 10.4.